The molecule has 1 aliphatic heterocycles. The van der Waals surface area contributed by atoms with Gasteiger partial charge in [-0.3, -0.25) is 4.79 Å². The van der Waals surface area contributed by atoms with E-state index in [9.17, 15) is 4.79 Å². The number of fused-ring (bicyclic) bond motifs is 1. The van der Waals surface area contributed by atoms with Crippen LogP contribution in [0, 0.1) is 11.3 Å². The number of ether oxygens (including phenoxy) is 2. The molecule has 22 heavy (non-hydrogen) atoms. The van der Waals surface area contributed by atoms with Gasteiger partial charge in [-0.05, 0) is 30.7 Å². The molecule has 2 aromatic carbocycles. The van der Waals surface area contributed by atoms with Crippen LogP contribution in [0.5, 0.6) is 11.5 Å². The maximum absolute atomic E-state index is 12.0. The number of carbonyl (C=O) groups is 1. The second-order valence-corrected chi connectivity index (χ2v) is 5.49. The van der Waals surface area contributed by atoms with E-state index in [0.717, 1.165) is 5.56 Å². The van der Waals surface area contributed by atoms with Crippen LogP contribution in [0.15, 0.2) is 48.5 Å². The molecule has 110 valence electrons. The Morgan fingerprint density at radius 2 is 2.00 bits per heavy atom. The van der Waals surface area contributed by atoms with E-state index in [1.54, 1.807) is 25.1 Å². The lowest BCUT2D eigenvalue weighted by atomic mass is 9.81. The first-order chi connectivity index (χ1) is 10.6. The zero-order valence-corrected chi connectivity index (χ0v) is 12.2. The summed E-state index contributed by atoms with van der Waals surface area (Å²) >= 11 is 0. The van der Waals surface area contributed by atoms with E-state index in [1.807, 2.05) is 30.3 Å². The van der Waals surface area contributed by atoms with Gasteiger partial charge in [0.1, 0.15) is 23.5 Å². The third-order valence-electron chi connectivity index (χ3n) is 3.88. The highest BCUT2D eigenvalue weighted by Crippen LogP contribution is 2.43. The zero-order chi connectivity index (χ0) is 15.6. The van der Waals surface area contributed by atoms with E-state index < -0.39 is 5.41 Å². The number of hydrogen-bond acceptors (Lipinski definition) is 4. The van der Waals surface area contributed by atoms with Gasteiger partial charge < -0.3 is 9.47 Å². The lowest BCUT2D eigenvalue weighted by Gasteiger charge is -2.16. The van der Waals surface area contributed by atoms with Crippen molar-refractivity contribution < 1.29 is 14.3 Å². The molecule has 0 amide bonds. The smallest absolute Gasteiger partial charge is 0.322 e. The third kappa shape index (κ3) is 2.42. The molecule has 4 heteroatoms. The summed E-state index contributed by atoms with van der Waals surface area (Å²) in [4.78, 5) is 12.0. The van der Waals surface area contributed by atoms with Crippen LogP contribution in [0.2, 0.25) is 0 Å². The van der Waals surface area contributed by atoms with E-state index in [-0.39, 0.29) is 12.4 Å². The minimum absolute atomic E-state index is 0.0843. The Hall–Kier alpha value is -2.80. The van der Waals surface area contributed by atoms with Crippen LogP contribution in [0.25, 0.3) is 0 Å². The van der Waals surface area contributed by atoms with E-state index in [0.29, 0.717) is 23.7 Å². The Labute approximate surface area is 128 Å². The van der Waals surface area contributed by atoms with Crippen molar-refractivity contribution in [1.29, 1.82) is 5.26 Å². The van der Waals surface area contributed by atoms with Crippen LogP contribution >= 0.6 is 0 Å². The fourth-order valence-electron chi connectivity index (χ4n) is 2.51. The van der Waals surface area contributed by atoms with Gasteiger partial charge in [0.2, 0.25) is 0 Å². The van der Waals surface area contributed by atoms with Gasteiger partial charge in [-0.2, -0.15) is 5.26 Å². The zero-order valence-electron chi connectivity index (χ0n) is 12.2. The topological polar surface area (TPSA) is 59.3 Å². The van der Waals surface area contributed by atoms with Gasteiger partial charge in [-0.25, -0.2) is 0 Å². The quantitative estimate of drug-likeness (QED) is 0.640. The highest BCUT2D eigenvalue weighted by atomic mass is 16.5. The van der Waals surface area contributed by atoms with Gasteiger partial charge in [0.05, 0.1) is 12.5 Å². The molecule has 1 heterocycles. The predicted octanol–water partition coefficient (Wildman–Crippen LogP) is 3.36. The molecule has 0 saturated heterocycles. The first kappa shape index (κ1) is 14.2. The lowest BCUT2D eigenvalue weighted by molar-refractivity contribution is -0.137. The molecule has 0 bridgehead atoms. The Morgan fingerprint density at radius 1 is 1.23 bits per heavy atom. The van der Waals surface area contributed by atoms with Crippen LogP contribution in [-0.4, -0.2) is 5.97 Å². The first-order valence-electron chi connectivity index (χ1n) is 7.04. The number of esters is 1. The number of hydrogen-bond donors (Lipinski definition) is 0. The van der Waals surface area contributed by atoms with Crippen LogP contribution in [-0.2, 0) is 16.8 Å². The second kappa shape index (κ2) is 5.53. The van der Waals surface area contributed by atoms with Crippen LogP contribution in [0.3, 0.4) is 0 Å². The summed E-state index contributed by atoms with van der Waals surface area (Å²) < 4.78 is 11.0. The van der Waals surface area contributed by atoms with Crippen molar-refractivity contribution in [2.24, 2.45) is 0 Å². The van der Waals surface area contributed by atoms with Crippen LogP contribution in [0.4, 0.5) is 0 Å². The maximum atomic E-state index is 12.0. The Morgan fingerprint density at radius 3 is 2.73 bits per heavy atom. The molecule has 1 aliphatic rings. The summed E-state index contributed by atoms with van der Waals surface area (Å²) in [6.45, 7) is 2.18. The van der Waals surface area contributed by atoms with E-state index in [1.165, 1.54) is 0 Å². The molecule has 0 aliphatic carbocycles. The normalized spacial score (nSPS) is 19.2. The predicted molar refractivity (Wildman–Crippen MR) is 80.4 cm³/mol. The number of nitrogens with zero attached hydrogens (tertiary/aromatic N) is 1. The molecular weight excluding hydrogens is 278 g/mol. The van der Waals surface area contributed by atoms with Gasteiger partial charge in [0.15, 0.2) is 0 Å². The van der Waals surface area contributed by atoms with Crippen molar-refractivity contribution in [3.8, 4) is 17.6 Å². The molecule has 0 N–H and O–H groups in total. The monoisotopic (exact) mass is 293 g/mol. The van der Waals surface area contributed by atoms with E-state index >= 15 is 0 Å². The van der Waals surface area contributed by atoms with Gasteiger partial charge in [0.25, 0.3) is 0 Å². The molecule has 4 nitrogen and oxygen atoms in total. The van der Waals surface area contributed by atoms with Gasteiger partial charge in [-0.1, -0.05) is 30.3 Å². The fraction of sp³-hybridized carbons (Fsp3) is 0.222. The molecule has 1 unspecified atom stereocenters. The SMILES string of the molecule is CC1(CC#N)C(=O)Oc2ccc(OCc3ccccc3)cc21. The lowest BCUT2D eigenvalue weighted by Crippen LogP contribution is -2.29. The summed E-state index contributed by atoms with van der Waals surface area (Å²) in [7, 11) is 0. The van der Waals surface area contributed by atoms with E-state index in [2.05, 4.69) is 6.07 Å². The molecule has 0 aromatic heterocycles. The number of benzene rings is 2. The molecule has 0 saturated carbocycles. The van der Waals surface area contributed by atoms with Crippen LogP contribution < -0.4 is 9.47 Å². The molecule has 3 rings (SSSR count). The summed E-state index contributed by atoms with van der Waals surface area (Å²) in [5, 5.41) is 8.97. The average molecular weight is 293 g/mol. The minimum Gasteiger partial charge on any atom is -0.489 e. The van der Waals surface area contributed by atoms with Crippen molar-refractivity contribution in [1.82, 2.24) is 0 Å². The Balaban J connectivity index is 1.84. The molecule has 0 fully saturated rings. The average Bonchev–Trinajstić information content (AvgIpc) is 2.78. The minimum atomic E-state index is -0.920. The van der Waals surface area contributed by atoms with Crippen molar-refractivity contribution in [3.63, 3.8) is 0 Å². The molecule has 2 aromatic rings. The highest BCUT2D eigenvalue weighted by Gasteiger charge is 2.45. The maximum Gasteiger partial charge on any atom is 0.322 e. The van der Waals surface area contributed by atoms with Gasteiger partial charge >= 0.3 is 5.97 Å². The van der Waals surface area contributed by atoms with E-state index in [4.69, 9.17) is 14.7 Å². The molecular formula is C18H15NO3. The van der Waals surface area contributed by atoms with Gasteiger partial charge in [0, 0.05) is 5.56 Å². The highest BCUT2D eigenvalue weighted by molar-refractivity contribution is 5.90. The van der Waals surface area contributed by atoms with Crippen molar-refractivity contribution >= 4 is 5.97 Å². The standard InChI is InChI=1S/C18H15NO3/c1-18(9-10-19)15-11-14(7-8-16(15)22-17(18)20)21-12-13-5-3-2-4-6-13/h2-8,11H,9,12H2,1H3. The summed E-state index contributed by atoms with van der Waals surface area (Å²) in [6, 6.07) is 17.2. The summed E-state index contributed by atoms with van der Waals surface area (Å²) in [6.07, 6.45) is 0.0843. The summed E-state index contributed by atoms with van der Waals surface area (Å²) in [5.74, 6) is 0.782. The molecule has 0 radical (unpaired) electrons. The van der Waals surface area contributed by atoms with Crippen molar-refractivity contribution in [2.45, 2.75) is 25.4 Å². The van der Waals surface area contributed by atoms with Crippen molar-refractivity contribution in [2.75, 3.05) is 0 Å². The first-order valence-corrected chi connectivity index (χ1v) is 7.04. The fourth-order valence-corrected chi connectivity index (χ4v) is 2.51. The summed E-state index contributed by atoms with van der Waals surface area (Å²) in [5.41, 5.74) is 0.857. The number of rotatable bonds is 4. The number of carbonyl (C=O) groups excluding carboxylic acids is 1. The molecule has 1 atom stereocenters. The van der Waals surface area contributed by atoms with Gasteiger partial charge in [-0.15, -0.1) is 0 Å². The largest absolute Gasteiger partial charge is 0.489 e. The van der Waals surface area contributed by atoms with Crippen LogP contribution in [0.1, 0.15) is 24.5 Å². The van der Waals surface area contributed by atoms with Crippen molar-refractivity contribution in [3.05, 3.63) is 59.7 Å². The Kier molecular flexibility index (Phi) is 3.56. The third-order valence-corrected chi connectivity index (χ3v) is 3.88. The molecule has 0 spiro atoms. The second-order valence-electron chi connectivity index (χ2n) is 5.49. The Bertz CT molecular complexity index is 749. The number of nitriles is 1.